The van der Waals surface area contributed by atoms with E-state index in [1.165, 1.54) is 35.0 Å². The summed E-state index contributed by atoms with van der Waals surface area (Å²) < 4.78 is 44.8. The van der Waals surface area contributed by atoms with E-state index in [4.69, 9.17) is 4.74 Å². The lowest BCUT2D eigenvalue weighted by molar-refractivity contribution is -0.137. The van der Waals surface area contributed by atoms with Crippen molar-refractivity contribution in [3.63, 3.8) is 0 Å². The third-order valence-electron chi connectivity index (χ3n) is 6.61. The van der Waals surface area contributed by atoms with E-state index in [1.807, 2.05) is 20.8 Å². The van der Waals surface area contributed by atoms with Crippen molar-refractivity contribution < 1.29 is 37.4 Å². The predicted octanol–water partition coefficient (Wildman–Crippen LogP) is 4.62. The van der Waals surface area contributed by atoms with Gasteiger partial charge in [0.15, 0.2) is 0 Å². The van der Waals surface area contributed by atoms with Crippen LogP contribution in [-0.4, -0.2) is 77.8 Å². The number of likely N-dealkylation sites (N-methyl/N-ethyl adjacent to an activating group) is 1. The number of halogens is 3. The van der Waals surface area contributed by atoms with Gasteiger partial charge in [-0.2, -0.15) is 13.2 Å². The maximum atomic E-state index is 13.5. The molecular formula is C28H36F3N5O5. The topological polar surface area (TPSA) is 123 Å². The lowest BCUT2D eigenvalue weighted by Gasteiger charge is -2.38. The third kappa shape index (κ3) is 8.26. The molecule has 0 radical (unpaired) electrons. The Morgan fingerprint density at radius 3 is 2.32 bits per heavy atom. The summed E-state index contributed by atoms with van der Waals surface area (Å²) >= 11 is 0. The van der Waals surface area contributed by atoms with Crippen molar-refractivity contribution in [3.05, 3.63) is 53.6 Å². The first-order valence-corrected chi connectivity index (χ1v) is 13.2. The van der Waals surface area contributed by atoms with E-state index in [2.05, 4.69) is 16.0 Å². The van der Waals surface area contributed by atoms with E-state index in [9.17, 15) is 32.7 Å². The number of amides is 5. The van der Waals surface area contributed by atoms with E-state index in [0.717, 1.165) is 12.1 Å². The first-order chi connectivity index (χ1) is 19.2. The van der Waals surface area contributed by atoms with Crippen LogP contribution in [0.4, 0.5) is 34.1 Å². The summed E-state index contributed by atoms with van der Waals surface area (Å²) in [5.74, 6) is -0.418. The Kier molecular flexibility index (Phi) is 10.1. The van der Waals surface area contributed by atoms with Gasteiger partial charge < -0.3 is 35.6 Å². The predicted molar refractivity (Wildman–Crippen MR) is 148 cm³/mol. The third-order valence-corrected chi connectivity index (χ3v) is 6.61. The van der Waals surface area contributed by atoms with Gasteiger partial charge in [-0.05, 0) is 63.2 Å². The van der Waals surface area contributed by atoms with Gasteiger partial charge in [0, 0.05) is 36.9 Å². The Morgan fingerprint density at radius 1 is 1.10 bits per heavy atom. The number of carbonyl (C=O) groups is 3. The van der Waals surface area contributed by atoms with Crippen LogP contribution in [0.5, 0.6) is 5.75 Å². The number of aliphatic hydroxyl groups excluding tert-OH is 1. The number of carbonyl (C=O) groups excluding carboxylic acids is 3. The quantitative estimate of drug-likeness (QED) is 0.381. The average Bonchev–Trinajstić information content (AvgIpc) is 2.89. The Bertz CT molecular complexity index is 1240. The van der Waals surface area contributed by atoms with Crippen molar-refractivity contribution in [3.8, 4) is 5.75 Å². The molecule has 0 bridgehead atoms. The summed E-state index contributed by atoms with van der Waals surface area (Å²) in [5.41, 5.74) is -0.0775. The van der Waals surface area contributed by atoms with Crippen molar-refractivity contribution in [2.24, 2.45) is 5.92 Å². The molecule has 0 aliphatic carbocycles. The van der Waals surface area contributed by atoms with E-state index in [1.54, 1.807) is 19.1 Å². The molecule has 1 aliphatic heterocycles. The zero-order valence-corrected chi connectivity index (χ0v) is 23.6. The van der Waals surface area contributed by atoms with Crippen LogP contribution in [-0.2, 0) is 6.18 Å². The first kappa shape index (κ1) is 31.5. The van der Waals surface area contributed by atoms with Crippen molar-refractivity contribution >= 4 is 29.3 Å². The standard InChI is InChI=1S/C28H36F3N5O5/c1-16(2)32-26(39)33-21-10-11-23-22(12-21)25(38)36(18(4)15-37)13-17(3)24(41-23)14-35(5)27(40)34-20-8-6-19(7-9-20)28(29,30)31/h6-12,16-18,24,37H,13-15H2,1-5H3,(H,34,40)(H2,32,33,39)/t17-,18+,24-/m0/s1. The highest BCUT2D eigenvalue weighted by Crippen LogP contribution is 2.31. The Labute approximate surface area is 236 Å². The Hall–Kier alpha value is -4.00. The van der Waals surface area contributed by atoms with Crippen molar-refractivity contribution in [1.29, 1.82) is 0 Å². The highest BCUT2D eigenvalue weighted by molar-refractivity contribution is 5.99. The minimum absolute atomic E-state index is 0.0827. The molecule has 13 heteroatoms. The van der Waals surface area contributed by atoms with Crippen molar-refractivity contribution in [1.82, 2.24) is 15.1 Å². The molecule has 3 atom stereocenters. The number of ether oxygens (including phenoxy) is 1. The number of hydrogen-bond acceptors (Lipinski definition) is 5. The Balaban J connectivity index is 1.82. The summed E-state index contributed by atoms with van der Waals surface area (Å²) in [6, 6.07) is 7.17. The summed E-state index contributed by atoms with van der Waals surface area (Å²) in [5, 5.41) is 17.8. The van der Waals surface area contributed by atoms with E-state index in [-0.39, 0.29) is 54.6 Å². The molecule has 2 aromatic rings. The molecule has 1 aliphatic rings. The molecule has 0 unspecified atom stereocenters. The second kappa shape index (κ2) is 13.1. The molecule has 41 heavy (non-hydrogen) atoms. The summed E-state index contributed by atoms with van der Waals surface area (Å²) in [7, 11) is 1.52. The molecule has 10 nitrogen and oxygen atoms in total. The molecular weight excluding hydrogens is 543 g/mol. The molecule has 5 amide bonds. The number of aliphatic hydroxyl groups is 1. The zero-order chi connectivity index (χ0) is 30.5. The SMILES string of the molecule is CC(C)NC(=O)Nc1ccc2c(c1)C(=O)N([C@H](C)CO)C[C@H](C)[C@H](CN(C)C(=O)Nc1ccc(C(F)(F)F)cc1)O2. The summed E-state index contributed by atoms with van der Waals surface area (Å²) in [6.07, 6.45) is -5.08. The van der Waals surface area contributed by atoms with Crippen molar-refractivity contribution in [2.45, 2.75) is 52.1 Å². The maximum absolute atomic E-state index is 13.5. The number of nitrogens with zero attached hydrogens (tertiary/aromatic N) is 2. The fraction of sp³-hybridized carbons (Fsp3) is 0.464. The van der Waals surface area contributed by atoms with Crippen LogP contribution in [0.3, 0.4) is 0 Å². The summed E-state index contributed by atoms with van der Waals surface area (Å²) in [4.78, 5) is 41.5. The van der Waals surface area contributed by atoms with E-state index in [0.29, 0.717) is 5.69 Å². The number of hydrogen-bond donors (Lipinski definition) is 4. The Morgan fingerprint density at radius 2 is 1.73 bits per heavy atom. The highest BCUT2D eigenvalue weighted by Gasteiger charge is 2.34. The molecule has 1 heterocycles. The van der Waals surface area contributed by atoms with Crippen molar-refractivity contribution in [2.75, 3.05) is 37.4 Å². The number of fused-ring (bicyclic) bond motifs is 1. The van der Waals surface area contributed by atoms with Gasteiger partial charge in [0.25, 0.3) is 5.91 Å². The van der Waals surface area contributed by atoms with E-state index >= 15 is 0 Å². The van der Waals surface area contributed by atoms with Crippen LogP contribution in [0.2, 0.25) is 0 Å². The van der Waals surface area contributed by atoms with E-state index < -0.39 is 35.9 Å². The maximum Gasteiger partial charge on any atom is 0.416 e. The van der Waals surface area contributed by atoms with Crippen LogP contribution in [0.25, 0.3) is 0 Å². The first-order valence-electron chi connectivity index (χ1n) is 13.2. The average molecular weight is 580 g/mol. The number of anilines is 2. The van der Waals surface area contributed by atoms with Crippen LogP contribution in [0.15, 0.2) is 42.5 Å². The summed E-state index contributed by atoms with van der Waals surface area (Å²) in [6.45, 7) is 7.21. The second-order valence-electron chi connectivity index (χ2n) is 10.5. The lowest BCUT2D eigenvalue weighted by Crippen LogP contribution is -2.50. The van der Waals surface area contributed by atoms with Gasteiger partial charge in [0.1, 0.15) is 11.9 Å². The van der Waals surface area contributed by atoms with Crippen LogP contribution in [0, 0.1) is 5.92 Å². The normalized spacial score (nSPS) is 18.0. The highest BCUT2D eigenvalue weighted by atomic mass is 19.4. The lowest BCUT2D eigenvalue weighted by atomic mass is 9.99. The fourth-order valence-corrected chi connectivity index (χ4v) is 4.26. The molecule has 0 saturated heterocycles. The number of rotatable bonds is 7. The van der Waals surface area contributed by atoms with Gasteiger partial charge in [-0.1, -0.05) is 6.92 Å². The molecule has 0 aromatic heterocycles. The van der Waals surface area contributed by atoms with Gasteiger partial charge in [-0.15, -0.1) is 0 Å². The molecule has 0 saturated carbocycles. The van der Waals surface area contributed by atoms with Crippen LogP contribution >= 0.6 is 0 Å². The number of nitrogens with one attached hydrogen (secondary N) is 3. The largest absolute Gasteiger partial charge is 0.487 e. The smallest absolute Gasteiger partial charge is 0.416 e. The van der Waals surface area contributed by atoms with Gasteiger partial charge >= 0.3 is 18.2 Å². The zero-order valence-electron chi connectivity index (χ0n) is 23.6. The monoisotopic (exact) mass is 579 g/mol. The fourth-order valence-electron chi connectivity index (χ4n) is 4.26. The van der Waals surface area contributed by atoms with Gasteiger partial charge in [0.05, 0.1) is 30.3 Å². The molecule has 0 fully saturated rings. The van der Waals surface area contributed by atoms with Gasteiger partial charge in [-0.25, -0.2) is 9.59 Å². The van der Waals surface area contributed by atoms with Gasteiger partial charge in [0.2, 0.25) is 0 Å². The molecule has 0 spiro atoms. The molecule has 224 valence electrons. The number of urea groups is 2. The number of benzene rings is 2. The second-order valence-corrected chi connectivity index (χ2v) is 10.5. The molecule has 2 aromatic carbocycles. The van der Waals surface area contributed by atoms with Crippen LogP contribution < -0.4 is 20.7 Å². The molecule has 3 rings (SSSR count). The van der Waals surface area contributed by atoms with Gasteiger partial charge in [-0.3, -0.25) is 4.79 Å². The minimum Gasteiger partial charge on any atom is -0.487 e. The number of alkyl halides is 3. The minimum atomic E-state index is -4.48. The van der Waals surface area contributed by atoms with Crippen LogP contribution in [0.1, 0.15) is 43.6 Å². The molecule has 4 N–H and O–H groups in total.